The van der Waals surface area contributed by atoms with E-state index in [1.165, 1.54) is 11.8 Å². The molecule has 0 spiro atoms. The predicted octanol–water partition coefficient (Wildman–Crippen LogP) is 2.37. The summed E-state index contributed by atoms with van der Waals surface area (Å²) in [6.07, 6.45) is -0.523. The molecule has 100 valence electrons. The monoisotopic (exact) mass is 267 g/mol. The first-order valence-electron chi connectivity index (χ1n) is 6.15. The van der Waals surface area contributed by atoms with Gasteiger partial charge in [0.2, 0.25) is 5.91 Å². The number of aliphatic hydroxyl groups is 1. The fraction of sp³-hybridized carbons (Fsp3) is 0.500. The molecule has 0 aliphatic rings. The number of aliphatic hydroxyl groups excluding tert-OH is 1. The number of hydrogen-bond donors (Lipinski definition) is 2. The molecule has 0 aromatic heterocycles. The van der Waals surface area contributed by atoms with Crippen molar-refractivity contribution in [3.63, 3.8) is 0 Å². The Labute approximate surface area is 113 Å². The van der Waals surface area contributed by atoms with Crippen LogP contribution in [0.15, 0.2) is 30.3 Å². The molecule has 1 aromatic rings. The molecule has 18 heavy (non-hydrogen) atoms. The number of amides is 1. The highest BCUT2D eigenvalue weighted by atomic mass is 32.2. The van der Waals surface area contributed by atoms with Crippen molar-refractivity contribution >= 4 is 17.7 Å². The average molecular weight is 267 g/mol. The van der Waals surface area contributed by atoms with Gasteiger partial charge in [-0.3, -0.25) is 4.79 Å². The summed E-state index contributed by atoms with van der Waals surface area (Å²) < 4.78 is 0. The van der Waals surface area contributed by atoms with Gasteiger partial charge in [-0.15, -0.1) is 11.8 Å². The Hall–Kier alpha value is -1.00. The van der Waals surface area contributed by atoms with Crippen molar-refractivity contribution in [1.82, 2.24) is 5.32 Å². The average Bonchev–Trinajstić information content (AvgIpc) is 2.35. The minimum atomic E-state index is -0.523. The number of hydrogen-bond acceptors (Lipinski definition) is 3. The van der Waals surface area contributed by atoms with E-state index in [9.17, 15) is 9.90 Å². The minimum Gasteiger partial charge on any atom is -0.388 e. The zero-order chi connectivity index (χ0) is 13.5. The van der Waals surface area contributed by atoms with Gasteiger partial charge in [0.05, 0.1) is 11.4 Å². The molecule has 0 fully saturated rings. The highest BCUT2D eigenvalue weighted by Gasteiger charge is 2.16. The lowest BCUT2D eigenvalue weighted by atomic mass is 10.1. The third-order valence-corrected chi connectivity index (χ3v) is 3.71. The van der Waals surface area contributed by atoms with E-state index in [1.807, 2.05) is 51.1 Å². The number of rotatable bonds is 6. The summed E-state index contributed by atoms with van der Waals surface area (Å²) >= 11 is 1.47. The van der Waals surface area contributed by atoms with Crippen molar-refractivity contribution in [2.24, 2.45) is 0 Å². The lowest BCUT2D eigenvalue weighted by Gasteiger charge is -2.16. The topological polar surface area (TPSA) is 49.3 Å². The Morgan fingerprint density at radius 1 is 1.28 bits per heavy atom. The van der Waals surface area contributed by atoms with Gasteiger partial charge in [-0.1, -0.05) is 30.3 Å². The van der Waals surface area contributed by atoms with E-state index in [2.05, 4.69) is 5.32 Å². The summed E-state index contributed by atoms with van der Waals surface area (Å²) in [5.74, 6) is 0.548. The molecule has 0 bridgehead atoms. The van der Waals surface area contributed by atoms with Crippen LogP contribution in [0.4, 0.5) is 0 Å². The van der Waals surface area contributed by atoms with E-state index in [4.69, 9.17) is 0 Å². The lowest BCUT2D eigenvalue weighted by molar-refractivity contribution is -0.120. The lowest BCUT2D eigenvalue weighted by Crippen LogP contribution is -2.36. The molecule has 3 nitrogen and oxygen atoms in total. The molecule has 1 aromatic carbocycles. The summed E-state index contributed by atoms with van der Waals surface area (Å²) in [7, 11) is 0. The van der Waals surface area contributed by atoms with Crippen LogP contribution in [0, 0.1) is 0 Å². The normalized spacial score (nSPS) is 14.3. The Bertz CT molecular complexity index is 367. The Morgan fingerprint density at radius 2 is 1.89 bits per heavy atom. The Kier molecular flexibility index (Phi) is 6.22. The fourth-order valence-electron chi connectivity index (χ4n) is 1.48. The standard InChI is InChI=1S/C14H21NO2S/c1-10(2)15-14(17)11(3)18-9-13(16)12-7-5-4-6-8-12/h4-8,10-11,13,16H,9H2,1-3H3,(H,15,17)/t11-,13+/m1/s1. The molecule has 2 atom stereocenters. The number of carbonyl (C=O) groups excluding carboxylic acids is 1. The SMILES string of the molecule is CC(C)NC(=O)[C@@H](C)SC[C@H](O)c1ccccc1. The molecule has 0 saturated carbocycles. The first-order valence-corrected chi connectivity index (χ1v) is 7.20. The van der Waals surface area contributed by atoms with E-state index in [-0.39, 0.29) is 17.2 Å². The van der Waals surface area contributed by atoms with E-state index in [0.29, 0.717) is 5.75 Å². The third-order valence-electron chi connectivity index (χ3n) is 2.49. The molecule has 0 aliphatic heterocycles. The van der Waals surface area contributed by atoms with E-state index < -0.39 is 6.10 Å². The molecule has 1 amide bonds. The number of benzene rings is 1. The summed E-state index contributed by atoms with van der Waals surface area (Å²) in [5.41, 5.74) is 0.890. The molecule has 2 N–H and O–H groups in total. The van der Waals surface area contributed by atoms with E-state index in [0.717, 1.165) is 5.56 Å². The molecule has 0 heterocycles. The fourth-order valence-corrected chi connectivity index (χ4v) is 2.37. The van der Waals surface area contributed by atoms with Gasteiger partial charge < -0.3 is 10.4 Å². The second-order valence-electron chi connectivity index (χ2n) is 4.57. The van der Waals surface area contributed by atoms with Gasteiger partial charge >= 0.3 is 0 Å². The second kappa shape index (κ2) is 7.44. The molecule has 0 saturated heterocycles. The zero-order valence-electron chi connectivity index (χ0n) is 11.1. The maximum Gasteiger partial charge on any atom is 0.233 e. The van der Waals surface area contributed by atoms with Gasteiger partial charge in [-0.05, 0) is 26.3 Å². The largest absolute Gasteiger partial charge is 0.388 e. The minimum absolute atomic E-state index is 0.0234. The molecule has 1 rings (SSSR count). The van der Waals surface area contributed by atoms with Crippen LogP contribution in [-0.4, -0.2) is 28.1 Å². The van der Waals surface area contributed by atoms with Crippen LogP contribution in [0.25, 0.3) is 0 Å². The first-order chi connectivity index (χ1) is 8.50. The highest BCUT2D eigenvalue weighted by Crippen LogP contribution is 2.21. The Balaban J connectivity index is 2.38. The van der Waals surface area contributed by atoms with Gasteiger partial charge in [0.15, 0.2) is 0 Å². The molecule has 0 unspecified atom stereocenters. The van der Waals surface area contributed by atoms with Crippen LogP contribution >= 0.6 is 11.8 Å². The highest BCUT2D eigenvalue weighted by molar-refractivity contribution is 8.00. The smallest absolute Gasteiger partial charge is 0.233 e. The molecular formula is C14H21NO2S. The summed E-state index contributed by atoms with van der Waals surface area (Å²) in [4.78, 5) is 11.7. The van der Waals surface area contributed by atoms with Crippen molar-refractivity contribution in [2.75, 3.05) is 5.75 Å². The van der Waals surface area contributed by atoms with Crippen molar-refractivity contribution in [2.45, 2.75) is 38.2 Å². The van der Waals surface area contributed by atoms with Crippen LogP contribution in [0.5, 0.6) is 0 Å². The van der Waals surface area contributed by atoms with Crippen LogP contribution < -0.4 is 5.32 Å². The number of carbonyl (C=O) groups is 1. The van der Waals surface area contributed by atoms with Crippen molar-refractivity contribution < 1.29 is 9.90 Å². The maximum absolute atomic E-state index is 11.7. The molecule has 0 aliphatic carbocycles. The van der Waals surface area contributed by atoms with Crippen molar-refractivity contribution in [3.8, 4) is 0 Å². The third kappa shape index (κ3) is 5.10. The van der Waals surface area contributed by atoms with Gasteiger partial charge in [-0.2, -0.15) is 0 Å². The van der Waals surface area contributed by atoms with Crippen LogP contribution in [0.3, 0.4) is 0 Å². The van der Waals surface area contributed by atoms with Gasteiger partial charge in [-0.25, -0.2) is 0 Å². The molecule has 0 radical (unpaired) electrons. The summed E-state index contributed by atoms with van der Waals surface area (Å²) in [5, 5.41) is 12.7. The van der Waals surface area contributed by atoms with Crippen LogP contribution in [-0.2, 0) is 4.79 Å². The van der Waals surface area contributed by atoms with Gasteiger partial charge in [0.25, 0.3) is 0 Å². The van der Waals surface area contributed by atoms with Gasteiger partial charge in [0, 0.05) is 11.8 Å². The quantitative estimate of drug-likeness (QED) is 0.832. The van der Waals surface area contributed by atoms with Crippen molar-refractivity contribution in [1.29, 1.82) is 0 Å². The second-order valence-corrected chi connectivity index (χ2v) is 5.94. The predicted molar refractivity (Wildman–Crippen MR) is 76.6 cm³/mol. The van der Waals surface area contributed by atoms with E-state index in [1.54, 1.807) is 0 Å². The summed E-state index contributed by atoms with van der Waals surface area (Å²) in [6.45, 7) is 5.74. The van der Waals surface area contributed by atoms with E-state index >= 15 is 0 Å². The first kappa shape index (κ1) is 15.1. The maximum atomic E-state index is 11.7. The molecule has 4 heteroatoms. The summed E-state index contributed by atoms with van der Waals surface area (Å²) in [6, 6.07) is 9.66. The number of thioether (sulfide) groups is 1. The van der Waals surface area contributed by atoms with Crippen LogP contribution in [0.1, 0.15) is 32.4 Å². The Morgan fingerprint density at radius 3 is 2.44 bits per heavy atom. The van der Waals surface area contributed by atoms with Crippen LogP contribution in [0.2, 0.25) is 0 Å². The zero-order valence-corrected chi connectivity index (χ0v) is 11.9. The van der Waals surface area contributed by atoms with Gasteiger partial charge in [0.1, 0.15) is 0 Å². The van der Waals surface area contributed by atoms with Crippen molar-refractivity contribution in [3.05, 3.63) is 35.9 Å². The number of nitrogens with one attached hydrogen (secondary N) is 1. The molecular weight excluding hydrogens is 246 g/mol.